The molecule has 2 atom stereocenters. The maximum atomic E-state index is 2.53. The molecule has 27 heavy (non-hydrogen) atoms. The predicted octanol–water partition coefficient (Wildman–Crippen LogP) is 9.48. The Morgan fingerprint density at radius 3 is 1.48 bits per heavy atom. The van der Waals surface area contributed by atoms with Crippen molar-refractivity contribution in [1.29, 1.82) is 0 Å². The molecule has 0 aromatic carbocycles. The molecule has 0 aliphatic heterocycles. The molecule has 0 aromatic heterocycles. The summed E-state index contributed by atoms with van der Waals surface area (Å²) in [7, 11) is 0.610. The summed E-state index contributed by atoms with van der Waals surface area (Å²) in [5.74, 6) is 1.75. The first-order valence-electron chi connectivity index (χ1n) is 12.8. The fourth-order valence-electron chi connectivity index (χ4n) is 6.42. The van der Waals surface area contributed by atoms with Crippen molar-refractivity contribution in [2.75, 3.05) is 5.90 Å². The van der Waals surface area contributed by atoms with Gasteiger partial charge in [0.05, 0.1) is 0 Å². The van der Waals surface area contributed by atoms with E-state index in [0.717, 1.165) is 11.3 Å². The molecule has 0 bridgehead atoms. The molecule has 0 amide bonds. The summed E-state index contributed by atoms with van der Waals surface area (Å²) in [5, 5.41) is 0. The minimum Gasteiger partial charge on any atom is -0.0959 e. The van der Waals surface area contributed by atoms with E-state index in [1.54, 1.807) is 83.0 Å². The molecular weight excluding hydrogens is 362 g/mol. The summed E-state index contributed by atoms with van der Waals surface area (Å²) in [6, 6.07) is 0. The molecule has 0 radical (unpaired) electrons. The molecule has 0 saturated heterocycles. The molecule has 0 nitrogen and oxygen atoms in total. The Hall–Kier alpha value is 0.860. The lowest BCUT2D eigenvalue weighted by molar-refractivity contribution is 0.485. The van der Waals surface area contributed by atoms with Crippen molar-refractivity contribution in [1.82, 2.24) is 0 Å². The highest BCUT2D eigenvalue weighted by atomic mass is 31.2. The molecule has 3 aliphatic carbocycles. The molecule has 3 aliphatic rings. The average molecular weight is 411 g/mol. The normalized spacial score (nSPS) is 26.3. The second kappa shape index (κ2) is 12.5. The fourth-order valence-corrected chi connectivity index (χ4v) is 17.0. The standard InChI is InChI=1S/C25H48P2/c1-3-14-22(4-2)26(23-15-8-5-9-16-23)21-27(24-17-10-6-11-18-24)25-19-12-7-13-20-25/h22-25H,3-21H2,1-2H3. The van der Waals surface area contributed by atoms with E-state index in [9.17, 15) is 0 Å². The summed E-state index contributed by atoms with van der Waals surface area (Å²) in [5.41, 5.74) is 4.60. The van der Waals surface area contributed by atoms with E-state index in [0.29, 0.717) is 15.8 Å². The highest BCUT2D eigenvalue weighted by Gasteiger charge is 2.37. The molecule has 0 N–H and O–H groups in total. The van der Waals surface area contributed by atoms with Crippen LogP contribution in [0.2, 0.25) is 0 Å². The number of rotatable bonds is 9. The topological polar surface area (TPSA) is 0 Å². The van der Waals surface area contributed by atoms with Gasteiger partial charge in [0.25, 0.3) is 0 Å². The maximum Gasteiger partial charge on any atom is -0.0111 e. The first-order valence-corrected chi connectivity index (χ1v) is 16.2. The van der Waals surface area contributed by atoms with Crippen LogP contribution in [-0.2, 0) is 0 Å². The maximum absolute atomic E-state index is 2.53. The van der Waals surface area contributed by atoms with Gasteiger partial charge in [-0.15, -0.1) is 0 Å². The quantitative estimate of drug-likeness (QED) is 0.332. The van der Waals surface area contributed by atoms with E-state index >= 15 is 0 Å². The van der Waals surface area contributed by atoms with Gasteiger partial charge in [0.2, 0.25) is 0 Å². The van der Waals surface area contributed by atoms with Gasteiger partial charge in [0, 0.05) is 0 Å². The Morgan fingerprint density at radius 1 is 0.630 bits per heavy atom. The Labute approximate surface area is 173 Å². The third-order valence-corrected chi connectivity index (χ3v) is 16.6. The molecule has 2 unspecified atom stereocenters. The van der Waals surface area contributed by atoms with Crippen LogP contribution in [-0.4, -0.2) is 28.5 Å². The Kier molecular flexibility index (Phi) is 10.5. The monoisotopic (exact) mass is 410 g/mol. The third kappa shape index (κ3) is 6.68. The fraction of sp³-hybridized carbons (Fsp3) is 1.00. The van der Waals surface area contributed by atoms with Gasteiger partial charge in [-0.1, -0.05) is 93.9 Å². The van der Waals surface area contributed by atoms with Crippen molar-refractivity contribution in [3.63, 3.8) is 0 Å². The van der Waals surface area contributed by atoms with Crippen LogP contribution in [0.4, 0.5) is 0 Å². The van der Waals surface area contributed by atoms with Gasteiger partial charge >= 0.3 is 0 Å². The first-order chi connectivity index (χ1) is 13.3. The van der Waals surface area contributed by atoms with Crippen LogP contribution < -0.4 is 0 Å². The van der Waals surface area contributed by atoms with Crippen molar-refractivity contribution in [2.45, 2.75) is 152 Å². The van der Waals surface area contributed by atoms with Gasteiger partial charge < -0.3 is 0 Å². The Morgan fingerprint density at radius 2 is 1.07 bits per heavy atom. The summed E-state index contributed by atoms with van der Waals surface area (Å²) in [6.07, 6.45) is 28.0. The lowest BCUT2D eigenvalue weighted by atomic mass is 9.99. The zero-order valence-electron chi connectivity index (χ0n) is 18.6. The smallest absolute Gasteiger partial charge is 0.0111 e. The van der Waals surface area contributed by atoms with Crippen molar-refractivity contribution in [3.8, 4) is 0 Å². The third-order valence-electron chi connectivity index (χ3n) is 8.02. The van der Waals surface area contributed by atoms with E-state index in [2.05, 4.69) is 13.8 Å². The highest BCUT2D eigenvalue weighted by molar-refractivity contribution is 7.76. The highest BCUT2D eigenvalue weighted by Crippen LogP contribution is 2.67. The summed E-state index contributed by atoms with van der Waals surface area (Å²) < 4.78 is 0. The summed E-state index contributed by atoms with van der Waals surface area (Å²) in [6.45, 7) is 4.98. The summed E-state index contributed by atoms with van der Waals surface area (Å²) in [4.78, 5) is 0. The van der Waals surface area contributed by atoms with Crippen molar-refractivity contribution >= 4 is 15.8 Å². The van der Waals surface area contributed by atoms with Crippen LogP contribution in [0, 0.1) is 0 Å². The second-order valence-corrected chi connectivity index (χ2v) is 16.0. The molecule has 158 valence electrons. The molecule has 0 aromatic rings. The van der Waals surface area contributed by atoms with Gasteiger partial charge in [-0.3, -0.25) is 0 Å². The minimum absolute atomic E-state index is 0.292. The first kappa shape index (κ1) is 22.5. The van der Waals surface area contributed by atoms with Gasteiger partial charge in [-0.05, 0) is 79.9 Å². The van der Waals surface area contributed by atoms with E-state index in [1.807, 2.05) is 0 Å². The molecule has 3 saturated carbocycles. The second-order valence-electron chi connectivity index (χ2n) is 9.90. The molecule has 0 spiro atoms. The Bertz CT molecular complexity index is 326. The zero-order chi connectivity index (χ0) is 18.9. The molecule has 2 heteroatoms. The van der Waals surface area contributed by atoms with E-state index < -0.39 is 0 Å². The van der Waals surface area contributed by atoms with Gasteiger partial charge in [0.1, 0.15) is 0 Å². The van der Waals surface area contributed by atoms with E-state index in [1.165, 1.54) is 49.8 Å². The van der Waals surface area contributed by atoms with Crippen LogP contribution >= 0.6 is 15.8 Å². The van der Waals surface area contributed by atoms with Crippen LogP contribution in [0.25, 0.3) is 0 Å². The molecule has 3 rings (SSSR count). The lowest BCUT2D eigenvalue weighted by Gasteiger charge is -2.44. The molecule has 3 fully saturated rings. The van der Waals surface area contributed by atoms with Crippen LogP contribution in [0.1, 0.15) is 129 Å². The summed E-state index contributed by atoms with van der Waals surface area (Å²) >= 11 is 0. The minimum atomic E-state index is 0.292. The van der Waals surface area contributed by atoms with Crippen molar-refractivity contribution in [3.05, 3.63) is 0 Å². The lowest BCUT2D eigenvalue weighted by Crippen LogP contribution is -2.25. The van der Waals surface area contributed by atoms with E-state index in [4.69, 9.17) is 0 Å². The largest absolute Gasteiger partial charge is 0.0959 e. The Balaban J connectivity index is 1.75. The van der Waals surface area contributed by atoms with Crippen molar-refractivity contribution in [2.24, 2.45) is 0 Å². The average Bonchev–Trinajstić information content (AvgIpc) is 2.75. The zero-order valence-corrected chi connectivity index (χ0v) is 20.4. The van der Waals surface area contributed by atoms with Gasteiger partial charge in [-0.2, -0.15) is 0 Å². The van der Waals surface area contributed by atoms with Crippen LogP contribution in [0.3, 0.4) is 0 Å². The predicted molar refractivity (Wildman–Crippen MR) is 128 cm³/mol. The SMILES string of the molecule is CCCC(CC)P(CP(C1CCCCC1)C1CCCCC1)C1CCCCC1. The van der Waals surface area contributed by atoms with Gasteiger partial charge in [0.15, 0.2) is 0 Å². The van der Waals surface area contributed by atoms with Gasteiger partial charge in [-0.25, -0.2) is 0 Å². The van der Waals surface area contributed by atoms with E-state index in [-0.39, 0.29) is 0 Å². The van der Waals surface area contributed by atoms with Crippen LogP contribution in [0.15, 0.2) is 0 Å². The molecule has 0 heterocycles. The number of hydrogen-bond donors (Lipinski definition) is 0. The molecular formula is C25H48P2. The number of hydrogen-bond acceptors (Lipinski definition) is 0. The van der Waals surface area contributed by atoms with Crippen molar-refractivity contribution < 1.29 is 0 Å². The van der Waals surface area contributed by atoms with Crippen LogP contribution in [0.5, 0.6) is 0 Å².